The van der Waals surface area contributed by atoms with Crippen LogP contribution in [-0.2, 0) is 4.79 Å². The van der Waals surface area contributed by atoms with E-state index >= 15 is 0 Å². The fourth-order valence-corrected chi connectivity index (χ4v) is 5.03. The SMILES string of the molecule is COc1ccccc1C(CNC(=O)c1sc(NC(=O)C2CC2)cc1C)N1CCCC1. The fourth-order valence-electron chi connectivity index (χ4n) is 4.04. The third-order valence-corrected chi connectivity index (χ3v) is 7.01. The topological polar surface area (TPSA) is 70.7 Å². The number of thiophene rings is 1. The Kier molecular flexibility index (Phi) is 6.39. The van der Waals surface area contributed by atoms with Crippen molar-refractivity contribution in [2.45, 2.75) is 38.6 Å². The number of anilines is 1. The summed E-state index contributed by atoms with van der Waals surface area (Å²) in [5.74, 6) is 0.963. The molecule has 4 rings (SSSR count). The summed E-state index contributed by atoms with van der Waals surface area (Å²) < 4.78 is 5.58. The second-order valence-electron chi connectivity index (χ2n) is 8.10. The third-order valence-electron chi connectivity index (χ3n) is 5.85. The van der Waals surface area contributed by atoms with Crippen LogP contribution in [0.15, 0.2) is 30.3 Å². The van der Waals surface area contributed by atoms with E-state index in [0.717, 1.165) is 47.8 Å². The highest BCUT2D eigenvalue weighted by Crippen LogP contribution is 2.34. The van der Waals surface area contributed by atoms with Gasteiger partial charge >= 0.3 is 0 Å². The Hall–Kier alpha value is -2.38. The van der Waals surface area contributed by atoms with E-state index in [9.17, 15) is 9.59 Å². The first-order chi connectivity index (χ1) is 14.6. The van der Waals surface area contributed by atoms with Crippen LogP contribution in [0.4, 0.5) is 5.00 Å². The van der Waals surface area contributed by atoms with Gasteiger partial charge in [0.25, 0.3) is 5.91 Å². The standard InChI is InChI=1S/C23H29N3O3S/c1-15-13-20(25-22(27)16-9-10-16)30-21(15)23(28)24-14-18(26-11-5-6-12-26)17-7-3-4-8-19(17)29-2/h3-4,7-8,13,16,18H,5-6,9-12,14H2,1-2H3,(H,24,28)(H,25,27). The number of hydrogen-bond acceptors (Lipinski definition) is 5. The molecule has 0 bridgehead atoms. The van der Waals surface area contributed by atoms with E-state index in [1.54, 1.807) is 7.11 Å². The van der Waals surface area contributed by atoms with Crippen molar-refractivity contribution < 1.29 is 14.3 Å². The lowest BCUT2D eigenvalue weighted by Gasteiger charge is -2.29. The Morgan fingerprint density at radius 1 is 1.23 bits per heavy atom. The Balaban J connectivity index is 1.46. The molecule has 1 aromatic heterocycles. The molecule has 2 aromatic rings. The van der Waals surface area contributed by atoms with Gasteiger partial charge in [-0.1, -0.05) is 18.2 Å². The minimum absolute atomic E-state index is 0.0634. The second kappa shape index (κ2) is 9.18. The van der Waals surface area contributed by atoms with Crippen molar-refractivity contribution in [3.8, 4) is 5.75 Å². The van der Waals surface area contributed by atoms with Crippen molar-refractivity contribution >= 4 is 28.2 Å². The number of likely N-dealkylation sites (tertiary alicyclic amines) is 1. The van der Waals surface area contributed by atoms with Gasteiger partial charge < -0.3 is 15.4 Å². The first-order valence-electron chi connectivity index (χ1n) is 10.6. The highest BCUT2D eigenvalue weighted by molar-refractivity contribution is 7.18. The minimum atomic E-state index is -0.0940. The Bertz CT molecular complexity index is 916. The normalized spacial score (nSPS) is 17.5. The van der Waals surface area contributed by atoms with Gasteiger partial charge in [0.1, 0.15) is 5.75 Å². The number of rotatable bonds is 8. The van der Waals surface area contributed by atoms with Crippen LogP contribution in [0.5, 0.6) is 5.75 Å². The predicted octanol–water partition coefficient (Wildman–Crippen LogP) is 3.98. The van der Waals surface area contributed by atoms with Crippen molar-refractivity contribution in [3.05, 3.63) is 46.3 Å². The lowest BCUT2D eigenvalue weighted by molar-refractivity contribution is -0.117. The number of carbonyl (C=O) groups excluding carboxylic acids is 2. The fraction of sp³-hybridized carbons (Fsp3) is 0.478. The number of ether oxygens (including phenoxy) is 1. The average molecular weight is 428 g/mol. The summed E-state index contributed by atoms with van der Waals surface area (Å²) in [6, 6.07) is 9.99. The zero-order chi connectivity index (χ0) is 21.1. The molecule has 7 heteroatoms. The minimum Gasteiger partial charge on any atom is -0.496 e. The van der Waals surface area contributed by atoms with Crippen LogP contribution >= 0.6 is 11.3 Å². The summed E-state index contributed by atoms with van der Waals surface area (Å²) >= 11 is 1.35. The highest BCUT2D eigenvalue weighted by atomic mass is 32.1. The van der Waals surface area contributed by atoms with Crippen LogP contribution in [0.2, 0.25) is 0 Å². The van der Waals surface area contributed by atoms with E-state index in [4.69, 9.17) is 4.74 Å². The summed E-state index contributed by atoms with van der Waals surface area (Å²) in [6.45, 7) is 4.47. The number of carbonyl (C=O) groups is 2. The molecule has 2 fully saturated rings. The van der Waals surface area contributed by atoms with Crippen molar-refractivity contribution in [2.75, 3.05) is 32.1 Å². The van der Waals surface area contributed by atoms with Crippen LogP contribution in [0.3, 0.4) is 0 Å². The Morgan fingerprint density at radius 2 is 1.97 bits per heavy atom. The summed E-state index contributed by atoms with van der Waals surface area (Å²) in [4.78, 5) is 28.0. The van der Waals surface area contributed by atoms with Crippen LogP contribution in [0.1, 0.15) is 52.5 Å². The molecule has 0 spiro atoms. The summed E-state index contributed by atoms with van der Waals surface area (Å²) in [6.07, 6.45) is 4.27. The zero-order valence-electron chi connectivity index (χ0n) is 17.6. The second-order valence-corrected chi connectivity index (χ2v) is 9.15. The number of para-hydroxylation sites is 1. The van der Waals surface area contributed by atoms with Crippen LogP contribution < -0.4 is 15.4 Å². The molecular weight excluding hydrogens is 398 g/mol. The van der Waals surface area contributed by atoms with Gasteiger partial charge in [0.05, 0.1) is 23.0 Å². The summed E-state index contributed by atoms with van der Waals surface area (Å²) in [7, 11) is 1.69. The molecule has 0 radical (unpaired) electrons. The molecule has 1 aliphatic carbocycles. The number of methoxy groups -OCH3 is 1. The molecule has 1 atom stereocenters. The maximum Gasteiger partial charge on any atom is 0.261 e. The first kappa shape index (κ1) is 20.9. The molecular formula is C23H29N3O3S. The summed E-state index contributed by atoms with van der Waals surface area (Å²) in [5.41, 5.74) is 1.99. The van der Waals surface area contributed by atoms with Gasteiger partial charge in [-0.3, -0.25) is 14.5 Å². The number of benzene rings is 1. The predicted molar refractivity (Wildman–Crippen MR) is 119 cm³/mol. The first-order valence-corrected chi connectivity index (χ1v) is 11.4. The molecule has 1 saturated carbocycles. The van der Waals surface area contributed by atoms with Crippen molar-refractivity contribution in [2.24, 2.45) is 5.92 Å². The molecule has 2 N–H and O–H groups in total. The quantitative estimate of drug-likeness (QED) is 0.669. The highest BCUT2D eigenvalue weighted by Gasteiger charge is 2.30. The number of nitrogens with zero attached hydrogens (tertiary/aromatic N) is 1. The molecule has 1 aromatic carbocycles. The van der Waals surface area contributed by atoms with Gasteiger partial charge in [-0.15, -0.1) is 11.3 Å². The monoisotopic (exact) mass is 427 g/mol. The van der Waals surface area contributed by atoms with Crippen LogP contribution in [0.25, 0.3) is 0 Å². The molecule has 6 nitrogen and oxygen atoms in total. The molecule has 2 heterocycles. The van der Waals surface area contributed by atoms with Crippen molar-refractivity contribution in [3.63, 3.8) is 0 Å². The number of aryl methyl sites for hydroxylation is 1. The zero-order valence-corrected chi connectivity index (χ0v) is 18.4. The van der Waals surface area contributed by atoms with Gasteiger partial charge in [0.15, 0.2) is 0 Å². The smallest absolute Gasteiger partial charge is 0.261 e. The van der Waals surface area contributed by atoms with E-state index in [0.29, 0.717) is 11.4 Å². The van der Waals surface area contributed by atoms with Crippen LogP contribution in [-0.4, -0.2) is 43.5 Å². The molecule has 1 aliphatic heterocycles. The Labute approximate surface area is 181 Å². The number of hydrogen-bond donors (Lipinski definition) is 2. The molecule has 160 valence electrons. The molecule has 2 aliphatic rings. The molecule has 1 unspecified atom stereocenters. The largest absolute Gasteiger partial charge is 0.496 e. The van der Waals surface area contributed by atoms with Crippen molar-refractivity contribution in [1.82, 2.24) is 10.2 Å². The van der Waals surface area contributed by atoms with Gasteiger partial charge in [-0.25, -0.2) is 0 Å². The van der Waals surface area contributed by atoms with Gasteiger partial charge in [-0.2, -0.15) is 0 Å². The Morgan fingerprint density at radius 3 is 2.67 bits per heavy atom. The van der Waals surface area contributed by atoms with Crippen molar-refractivity contribution in [1.29, 1.82) is 0 Å². The number of amides is 2. The van der Waals surface area contributed by atoms with E-state index in [-0.39, 0.29) is 23.8 Å². The third kappa shape index (κ3) is 4.68. The molecule has 1 saturated heterocycles. The maximum absolute atomic E-state index is 13.0. The van der Waals surface area contributed by atoms with E-state index in [1.165, 1.54) is 24.2 Å². The van der Waals surface area contributed by atoms with E-state index < -0.39 is 0 Å². The molecule has 2 amide bonds. The van der Waals surface area contributed by atoms with Gasteiger partial charge in [0, 0.05) is 18.0 Å². The lowest BCUT2D eigenvalue weighted by atomic mass is 10.0. The summed E-state index contributed by atoms with van der Waals surface area (Å²) in [5, 5.41) is 6.82. The van der Waals surface area contributed by atoms with Gasteiger partial charge in [0.2, 0.25) is 5.91 Å². The van der Waals surface area contributed by atoms with E-state index in [2.05, 4.69) is 21.6 Å². The molecule has 30 heavy (non-hydrogen) atoms. The average Bonchev–Trinajstić information content (AvgIpc) is 3.35. The van der Waals surface area contributed by atoms with Crippen LogP contribution in [0, 0.1) is 12.8 Å². The van der Waals surface area contributed by atoms with E-state index in [1.807, 2.05) is 31.2 Å². The lowest BCUT2D eigenvalue weighted by Crippen LogP contribution is -2.37. The maximum atomic E-state index is 13.0. The van der Waals surface area contributed by atoms with Gasteiger partial charge in [-0.05, 0) is 63.4 Å². The number of nitrogens with one attached hydrogen (secondary N) is 2.